The predicted molar refractivity (Wildman–Crippen MR) is 75.2 cm³/mol. The highest BCUT2D eigenvalue weighted by Crippen LogP contribution is 2.22. The average Bonchev–Trinajstić information content (AvgIpc) is 3.18. The van der Waals surface area contributed by atoms with Gasteiger partial charge in [-0.2, -0.15) is 5.10 Å². The van der Waals surface area contributed by atoms with Crippen LogP contribution in [-0.2, 0) is 4.79 Å². The number of hydrogen-bond donors (Lipinski definition) is 1. The average molecular weight is 285 g/mol. The Labute approximate surface area is 121 Å². The highest BCUT2D eigenvalue weighted by Gasteiger charge is 2.32. The fraction of sp³-hybridized carbons (Fsp3) is 0.267. The molecule has 1 aromatic heterocycles. The van der Waals surface area contributed by atoms with Gasteiger partial charge in [0.15, 0.2) is 0 Å². The Morgan fingerprint density at radius 2 is 2.05 bits per heavy atom. The van der Waals surface area contributed by atoms with Gasteiger partial charge in [0.25, 0.3) is 5.91 Å². The second kappa shape index (κ2) is 5.40. The van der Waals surface area contributed by atoms with Gasteiger partial charge in [0, 0.05) is 25.5 Å². The summed E-state index contributed by atoms with van der Waals surface area (Å²) in [4.78, 5) is 25.2. The van der Waals surface area contributed by atoms with Crippen molar-refractivity contribution in [3.8, 4) is 5.69 Å². The lowest BCUT2D eigenvalue weighted by Crippen LogP contribution is -2.30. The molecule has 0 saturated carbocycles. The summed E-state index contributed by atoms with van der Waals surface area (Å²) in [6.07, 6.45) is 3.93. The van der Waals surface area contributed by atoms with Crippen LogP contribution in [0.5, 0.6) is 0 Å². The first-order chi connectivity index (χ1) is 10.2. The number of aliphatic carboxylic acids is 1. The minimum Gasteiger partial charge on any atom is -0.481 e. The molecule has 1 aliphatic heterocycles. The lowest BCUT2D eigenvalue weighted by atomic mass is 10.1. The van der Waals surface area contributed by atoms with Crippen molar-refractivity contribution in [2.45, 2.75) is 6.42 Å². The molecule has 3 rings (SSSR count). The van der Waals surface area contributed by atoms with Crippen molar-refractivity contribution in [3.63, 3.8) is 0 Å². The number of carbonyl (C=O) groups excluding carboxylic acids is 1. The van der Waals surface area contributed by atoms with Crippen molar-refractivity contribution in [2.75, 3.05) is 13.1 Å². The van der Waals surface area contributed by atoms with Crippen LogP contribution in [-0.4, -0.2) is 44.8 Å². The molecule has 108 valence electrons. The highest BCUT2D eigenvalue weighted by atomic mass is 16.4. The van der Waals surface area contributed by atoms with Gasteiger partial charge < -0.3 is 10.0 Å². The number of likely N-dealkylation sites (tertiary alicyclic amines) is 1. The van der Waals surface area contributed by atoms with Gasteiger partial charge in [-0.05, 0) is 24.6 Å². The quantitative estimate of drug-likeness (QED) is 0.925. The molecule has 6 heteroatoms. The molecule has 1 saturated heterocycles. The van der Waals surface area contributed by atoms with E-state index in [1.807, 2.05) is 12.1 Å². The van der Waals surface area contributed by atoms with Crippen LogP contribution in [0.25, 0.3) is 5.69 Å². The number of carboxylic acids is 1. The van der Waals surface area contributed by atoms with Gasteiger partial charge in [-0.25, -0.2) is 4.68 Å². The van der Waals surface area contributed by atoms with Crippen LogP contribution in [0.15, 0.2) is 42.7 Å². The topological polar surface area (TPSA) is 75.4 Å². The zero-order valence-corrected chi connectivity index (χ0v) is 11.3. The van der Waals surface area contributed by atoms with E-state index in [0.717, 1.165) is 0 Å². The summed E-state index contributed by atoms with van der Waals surface area (Å²) in [5.41, 5.74) is 1.23. The summed E-state index contributed by atoms with van der Waals surface area (Å²) >= 11 is 0. The molecule has 2 heterocycles. The van der Waals surface area contributed by atoms with Crippen LogP contribution in [0.4, 0.5) is 0 Å². The monoisotopic (exact) mass is 285 g/mol. The van der Waals surface area contributed by atoms with Gasteiger partial charge >= 0.3 is 5.97 Å². The van der Waals surface area contributed by atoms with Crippen molar-refractivity contribution in [1.82, 2.24) is 14.7 Å². The number of carbonyl (C=O) groups is 2. The summed E-state index contributed by atoms with van der Waals surface area (Å²) in [5, 5.41) is 13.2. The molecule has 1 aliphatic rings. The zero-order chi connectivity index (χ0) is 14.8. The normalized spacial score (nSPS) is 17.9. The van der Waals surface area contributed by atoms with Crippen LogP contribution >= 0.6 is 0 Å². The molecule has 1 unspecified atom stereocenters. The molecule has 21 heavy (non-hydrogen) atoms. The molecule has 0 spiro atoms. The van der Waals surface area contributed by atoms with Gasteiger partial charge in [-0.15, -0.1) is 0 Å². The summed E-state index contributed by atoms with van der Waals surface area (Å²) in [6.45, 7) is 0.741. The van der Waals surface area contributed by atoms with Crippen LogP contribution in [0, 0.1) is 5.92 Å². The molecule has 6 nitrogen and oxygen atoms in total. The lowest BCUT2D eigenvalue weighted by molar-refractivity contribution is -0.141. The largest absolute Gasteiger partial charge is 0.481 e. The fourth-order valence-corrected chi connectivity index (χ4v) is 2.58. The fourth-order valence-electron chi connectivity index (χ4n) is 2.58. The standard InChI is InChI=1S/C15H15N3O3/c19-14(17-9-6-11(10-17)15(20)21)12-4-1-2-5-13(12)18-8-3-7-16-18/h1-5,7-8,11H,6,9-10H2,(H,20,21). The smallest absolute Gasteiger partial charge is 0.308 e. The van der Waals surface area contributed by atoms with Gasteiger partial charge in [-0.1, -0.05) is 12.1 Å². The van der Waals surface area contributed by atoms with E-state index < -0.39 is 11.9 Å². The second-order valence-corrected chi connectivity index (χ2v) is 5.04. The molecular weight excluding hydrogens is 270 g/mol. The van der Waals surface area contributed by atoms with Crippen molar-refractivity contribution < 1.29 is 14.7 Å². The van der Waals surface area contributed by atoms with Crippen LogP contribution in [0.2, 0.25) is 0 Å². The number of aromatic nitrogens is 2. The molecule has 0 radical (unpaired) electrons. The number of carboxylic acid groups (broad SMARTS) is 1. The molecule has 2 aromatic rings. The summed E-state index contributed by atoms with van der Waals surface area (Å²) in [7, 11) is 0. The van der Waals surface area contributed by atoms with E-state index in [1.54, 1.807) is 40.2 Å². The molecule has 0 aliphatic carbocycles. The van der Waals surface area contributed by atoms with Crippen molar-refractivity contribution >= 4 is 11.9 Å². The molecule has 0 bridgehead atoms. The van der Waals surface area contributed by atoms with Gasteiger partial charge in [-0.3, -0.25) is 9.59 Å². The number of para-hydroxylation sites is 1. The van der Waals surface area contributed by atoms with Gasteiger partial charge in [0.05, 0.1) is 17.2 Å². The number of amides is 1. The lowest BCUT2D eigenvalue weighted by Gasteiger charge is -2.18. The first kappa shape index (κ1) is 13.4. The van der Waals surface area contributed by atoms with Crippen LogP contribution in [0.1, 0.15) is 16.8 Å². The van der Waals surface area contributed by atoms with E-state index >= 15 is 0 Å². The minimum absolute atomic E-state index is 0.148. The number of nitrogens with zero attached hydrogens (tertiary/aromatic N) is 3. The van der Waals surface area contributed by atoms with E-state index in [-0.39, 0.29) is 12.5 Å². The maximum atomic E-state index is 12.6. The van der Waals surface area contributed by atoms with E-state index in [9.17, 15) is 9.59 Å². The van der Waals surface area contributed by atoms with Gasteiger partial charge in [0.2, 0.25) is 0 Å². The molecule has 1 N–H and O–H groups in total. The third kappa shape index (κ3) is 2.52. The Morgan fingerprint density at radius 3 is 2.71 bits per heavy atom. The minimum atomic E-state index is -0.842. The second-order valence-electron chi connectivity index (χ2n) is 5.04. The molecular formula is C15H15N3O3. The molecule has 1 aromatic carbocycles. The summed E-state index contributed by atoms with van der Waals surface area (Å²) in [6, 6.07) is 9.00. The molecule has 1 atom stereocenters. The van der Waals surface area contributed by atoms with E-state index in [0.29, 0.717) is 24.2 Å². The summed E-state index contributed by atoms with van der Waals surface area (Å²) < 4.78 is 1.64. The Bertz CT molecular complexity index is 667. The molecule has 1 fully saturated rings. The Hall–Kier alpha value is -2.63. The first-order valence-corrected chi connectivity index (χ1v) is 6.78. The summed E-state index contributed by atoms with van der Waals surface area (Å²) in [5.74, 6) is -1.46. The van der Waals surface area contributed by atoms with E-state index in [2.05, 4.69) is 5.10 Å². The predicted octanol–water partition coefficient (Wildman–Crippen LogP) is 1.42. The SMILES string of the molecule is O=C(O)C1CCN(C(=O)c2ccccc2-n2cccn2)C1. The number of rotatable bonds is 3. The maximum absolute atomic E-state index is 12.6. The zero-order valence-electron chi connectivity index (χ0n) is 11.3. The first-order valence-electron chi connectivity index (χ1n) is 6.78. The van der Waals surface area contributed by atoms with Crippen molar-refractivity contribution in [3.05, 3.63) is 48.3 Å². The third-order valence-corrected chi connectivity index (χ3v) is 3.71. The number of benzene rings is 1. The van der Waals surface area contributed by atoms with E-state index in [1.165, 1.54) is 0 Å². The van der Waals surface area contributed by atoms with Crippen LogP contribution < -0.4 is 0 Å². The Kier molecular flexibility index (Phi) is 3.43. The van der Waals surface area contributed by atoms with Crippen molar-refractivity contribution in [1.29, 1.82) is 0 Å². The number of hydrogen-bond acceptors (Lipinski definition) is 3. The van der Waals surface area contributed by atoms with Crippen LogP contribution in [0.3, 0.4) is 0 Å². The highest BCUT2D eigenvalue weighted by molar-refractivity contribution is 5.98. The maximum Gasteiger partial charge on any atom is 0.308 e. The Morgan fingerprint density at radius 1 is 1.24 bits per heavy atom. The third-order valence-electron chi connectivity index (χ3n) is 3.71. The molecule has 1 amide bonds. The van der Waals surface area contributed by atoms with Gasteiger partial charge in [0.1, 0.15) is 0 Å². The Balaban J connectivity index is 1.88. The van der Waals surface area contributed by atoms with E-state index in [4.69, 9.17) is 5.11 Å². The van der Waals surface area contributed by atoms with Crippen molar-refractivity contribution in [2.24, 2.45) is 5.92 Å².